The van der Waals surface area contributed by atoms with Crippen LogP contribution in [-0.4, -0.2) is 61.1 Å². The average Bonchev–Trinajstić information content (AvgIpc) is 2.94. The molecule has 1 fully saturated rings. The van der Waals surface area contributed by atoms with E-state index in [2.05, 4.69) is 20.5 Å². The maximum absolute atomic E-state index is 13.0. The number of pyridine rings is 1. The third-order valence-corrected chi connectivity index (χ3v) is 6.47. The molecule has 4 rings (SSSR count). The molecule has 0 atom stereocenters. The highest BCUT2D eigenvalue weighted by atomic mass is 35.5. The molecule has 1 aromatic heterocycles. The first-order valence-corrected chi connectivity index (χ1v) is 13.0. The minimum absolute atomic E-state index is 0.0213. The Hall–Kier alpha value is -3.67. The van der Waals surface area contributed by atoms with Crippen LogP contribution in [0.3, 0.4) is 0 Å². The summed E-state index contributed by atoms with van der Waals surface area (Å²) >= 11 is 5.62. The van der Waals surface area contributed by atoms with Crippen molar-refractivity contribution in [2.75, 3.05) is 44.7 Å². The van der Waals surface area contributed by atoms with Crippen LogP contribution in [0.5, 0.6) is 11.5 Å². The number of rotatable bonds is 10. The van der Waals surface area contributed by atoms with E-state index in [0.29, 0.717) is 37.7 Å². The van der Waals surface area contributed by atoms with Crippen molar-refractivity contribution in [2.45, 2.75) is 19.0 Å². The highest BCUT2D eigenvalue weighted by Gasteiger charge is 2.33. The van der Waals surface area contributed by atoms with Crippen molar-refractivity contribution in [1.29, 1.82) is 0 Å². The monoisotopic (exact) mass is 576 g/mol. The molecule has 0 spiro atoms. The number of carbonyl (C=O) groups is 2. The molecule has 0 aliphatic carbocycles. The number of morpholine rings is 1. The number of nitrogens with zero attached hydrogens (tertiary/aromatic N) is 2. The number of benzene rings is 2. The molecule has 1 aliphatic rings. The van der Waals surface area contributed by atoms with Gasteiger partial charge in [-0.1, -0.05) is 23.7 Å². The molecule has 0 saturated carbocycles. The van der Waals surface area contributed by atoms with Gasteiger partial charge in [0.05, 0.1) is 23.8 Å². The van der Waals surface area contributed by atoms with Gasteiger partial charge in [0.25, 0.3) is 5.91 Å². The Bertz CT molecular complexity index is 1320. The van der Waals surface area contributed by atoms with Crippen LogP contribution in [0.25, 0.3) is 0 Å². The summed E-state index contributed by atoms with van der Waals surface area (Å²) in [5.74, 6) is 0.254. The Morgan fingerprint density at radius 1 is 1.02 bits per heavy atom. The van der Waals surface area contributed by atoms with E-state index in [1.54, 1.807) is 36.4 Å². The molecule has 40 heavy (non-hydrogen) atoms. The molecule has 2 N–H and O–H groups in total. The molecule has 0 bridgehead atoms. The molecule has 3 aromatic rings. The van der Waals surface area contributed by atoms with Crippen LogP contribution in [0, 0.1) is 0 Å². The third-order valence-electron chi connectivity index (χ3n) is 6.14. The number of halogens is 4. The summed E-state index contributed by atoms with van der Waals surface area (Å²) < 4.78 is 50.3. The number of nitrogens with one attached hydrogen (secondary N) is 2. The van der Waals surface area contributed by atoms with E-state index < -0.39 is 22.7 Å². The summed E-state index contributed by atoms with van der Waals surface area (Å²) in [7, 11) is 0. The Kier molecular flexibility index (Phi) is 9.97. The average molecular weight is 577 g/mol. The predicted octanol–water partition coefficient (Wildman–Crippen LogP) is 5.18. The predicted molar refractivity (Wildman–Crippen MR) is 144 cm³/mol. The molecule has 1 aliphatic heterocycles. The summed E-state index contributed by atoms with van der Waals surface area (Å²) in [6.45, 7) is 4.33. The first kappa shape index (κ1) is 29.3. The van der Waals surface area contributed by atoms with Crippen LogP contribution in [0.4, 0.5) is 18.9 Å². The first-order valence-electron chi connectivity index (χ1n) is 12.6. The number of alkyl halides is 3. The Labute approximate surface area is 234 Å². The van der Waals surface area contributed by atoms with Gasteiger partial charge in [0, 0.05) is 50.6 Å². The number of hydrogen-bond acceptors (Lipinski definition) is 6. The van der Waals surface area contributed by atoms with Gasteiger partial charge in [-0.15, -0.1) is 0 Å². The van der Waals surface area contributed by atoms with E-state index in [0.717, 1.165) is 37.3 Å². The van der Waals surface area contributed by atoms with E-state index in [-0.39, 0.29) is 23.7 Å². The van der Waals surface area contributed by atoms with Crippen LogP contribution in [0.15, 0.2) is 60.8 Å². The normalized spacial score (nSPS) is 14.0. The van der Waals surface area contributed by atoms with Crippen molar-refractivity contribution in [3.05, 3.63) is 82.6 Å². The fraction of sp³-hybridized carbons (Fsp3) is 0.321. The van der Waals surface area contributed by atoms with Crippen molar-refractivity contribution in [1.82, 2.24) is 15.2 Å². The fourth-order valence-electron chi connectivity index (χ4n) is 4.00. The lowest BCUT2D eigenvalue weighted by molar-refractivity contribution is -0.137. The lowest BCUT2D eigenvalue weighted by atomic mass is 10.1. The molecule has 8 nitrogen and oxygen atoms in total. The van der Waals surface area contributed by atoms with Crippen LogP contribution >= 0.6 is 11.6 Å². The zero-order valence-corrected chi connectivity index (χ0v) is 22.2. The van der Waals surface area contributed by atoms with E-state index in [4.69, 9.17) is 21.1 Å². The summed E-state index contributed by atoms with van der Waals surface area (Å²) in [6.07, 6.45) is -2.68. The number of ether oxygens (including phenoxy) is 2. The summed E-state index contributed by atoms with van der Waals surface area (Å²) in [5.41, 5.74) is 0.0936. The summed E-state index contributed by atoms with van der Waals surface area (Å²) in [4.78, 5) is 31.1. The minimum atomic E-state index is -4.62. The second-order valence-electron chi connectivity index (χ2n) is 9.07. The van der Waals surface area contributed by atoms with Gasteiger partial charge in [-0.2, -0.15) is 13.2 Å². The van der Waals surface area contributed by atoms with Crippen molar-refractivity contribution in [3.63, 3.8) is 0 Å². The zero-order chi connectivity index (χ0) is 28.5. The zero-order valence-electron chi connectivity index (χ0n) is 21.5. The van der Waals surface area contributed by atoms with Crippen molar-refractivity contribution in [3.8, 4) is 11.5 Å². The molecule has 2 heterocycles. The number of anilines is 1. The topological polar surface area (TPSA) is 92.8 Å². The number of aromatic nitrogens is 1. The molecule has 2 amide bonds. The van der Waals surface area contributed by atoms with E-state index in [9.17, 15) is 22.8 Å². The second kappa shape index (κ2) is 13.6. The van der Waals surface area contributed by atoms with Crippen LogP contribution in [-0.2, 0) is 22.1 Å². The molecule has 2 aromatic carbocycles. The van der Waals surface area contributed by atoms with Crippen LogP contribution in [0.1, 0.15) is 28.0 Å². The van der Waals surface area contributed by atoms with Gasteiger partial charge in [0.2, 0.25) is 5.91 Å². The molecule has 1 saturated heterocycles. The smallest absolute Gasteiger partial charge is 0.417 e. The molecule has 212 valence electrons. The Balaban J connectivity index is 1.24. The fourth-order valence-corrected chi connectivity index (χ4v) is 4.23. The lowest BCUT2D eigenvalue weighted by Crippen LogP contribution is -2.41. The van der Waals surface area contributed by atoms with Gasteiger partial charge >= 0.3 is 6.18 Å². The first-order chi connectivity index (χ1) is 19.2. The van der Waals surface area contributed by atoms with Gasteiger partial charge in [-0.3, -0.25) is 19.5 Å². The Morgan fingerprint density at radius 3 is 2.50 bits per heavy atom. The quantitative estimate of drug-likeness (QED) is 0.346. The highest BCUT2D eigenvalue weighted by molar-refractivity contribution is 6.31. The molecule has 0 unspecified atom stereocenters. The van der Waals surface area contributed by atoms with Crippen molar-refractivity contribution >= 4 is 29.1 Å². The number of hydrogen-bond donors (Lipinski definition) is 2. The van der Waals surface area contributed by atoms with Crippen LogP contribution < -0.4 is 15.4 Å². The third kappa shape index (κ3) is 8.67. The SMILES string of the molecule is O=C(CCc1ccc(Oc2ccnc(C(=O)NCCN3CCOCC3)c2)cc1)Nc1ccc(Cl)c(C(F)(F)F)c1. The number of aryl methyl sites for hydroxylation is 1. The number of amides is 2. The van der Waals surface area contributed by atoms with Gasteiger partial charge in [0.1, 0.15) is 17.2 Å². The van der Waals surface area contributed by atoms with Crippen molar-refractivity contribution in [2.24, 2.45) is 0 Å². The van der Waals surface area contributed by atoms with Crippen LogP contribution in [0.2, 0.25) is 5.02 Å². The van der Waals surface area contributed by atoms with Crippen molar-refractivity contribution < 1.29 is 32.2 Å². The lowest BCUT2D eigenvalue weighted by Gasteiger charge is -2.26. The minimum Gasteiger partial charge on any atom is -0.457 e. The second-order valence-corrected chi connectivity index (χ2v) is 9.48. The van der Waals surface area contributed by atoms with E-state index in [1.165, 1.54) is 12.3 Å². The largest absolute Gasteiger partial charge is 0.457 e. The molecular weight excluding hydrogens is 549 g/mol. The Morgan fingerprint density at radius 2 is 1.77 bits per heavy atom. The number of carbonyl (C=O) groups excluding carboxylic acids is 2. The molecule has 0 radical (unpaired) electrons. The van der Waals surface area contributed by atoms with E-state index >= 15 is 0 Å². The van der Waals surface area contributed by atoms with Gasteiger partial charge < -0.3 is 20.1 Å². The van der Waals surface area contributed by atoms with Gasteiger partial charge in [-0.05, 0) is 48.4 Å². The molecule has 12 heteroatoms. The standard InChI is InChI=1S/C28H28ClF3N4O4/c29-24-7-4-20(17-23(24)28(30,31)32)35-26(37)8-3-19-1-5-21(6-2-19)40-22-9-10-33-25(18-22)27(38)34-11-12-36-13-15-39-16-14-36/h1-2,4-7,9-10,17-18H,3,8,11-16H2,(H,34,38)(H,35,37). The highest BCUT2D eigenvalue weighted by Crippen LogP contribution is 2.36. The maximum Gasteiger partial charge on any atom is 0.417 e. The van der Waals surface area contributed by atoms with E-state index in [1.807, 2.05) is 0 Å². The maximum atomic E-state index is 13.0. The summed E-state index contributed by atoms with van der Waals surface area (Å²) in [6, 6.07) is 13.5. The van der Waals surface area contributed by atoms with Gasteiger partial charge in [-0.25, -0.2) is 0 Å². The van der Waals surface area contributed by atoms with Gasteiger partial charge in [0.15, 0.2) is 0 Å². The molecular formula is C28H28ClF3N4O4. The summed E-state index contributed by atoms with van der Waals surface area (Å²) in [5, 5.41) is 4.91.